The molecule has 144 valence electrons. The van der Waals surface area contributed by atoms with E-state index in [2.05, 4.69) is 5.32 Å². The van der Waals surface area contributed by atoms with Crippen molar-refractivity contribution in [2.45, 2.75) is 33.3 Å². The molecular weight excluding hydrogens is 346 g/mol. The lowest BCUT2D eigenvalue weighted by Gasteiger charge is -2.18. The van der Waals surface area contributed by atoms with Gasteiger partial charge in [0.25, 0.3) is 5.91 Å². The molecule has 0 spiro atoms. The number of methoxy groups -OCH3 is 2. The Bertz CT molecular complexity index is 809. The molecular formula is C21H25NO5. The molecule has 2 aromatic carbocycles. The first-order valence-corrected chi connectivity index (χ1v) is 8.74. The SMILES string of the molecule is CCc1cccc(C)c1NC(=O)C(C)OC(=O)c1c(OC)cccc1OC. The predicted octanol–water partition coefficient (Wildman–Crippen LogP) is 3.76. The molecule has 0 aromatic heterocycles. The summed E-state index contributed by atoms with van der Waals surface area (Å²) in [6.07, 6.45) is -0.208. The van der Waals surface area contributed by atoms with E-state index in [1.165, 1.54) is 21.1 Å². The number of nitrogens with one attached hydrogen (secondary N) is 1. The Hall–Kier alpha value is -3.02. The summed E-state index contributed by atoms with van der Waals surface area (Å²) in [7, 11) is 2.90. The Kier molecular flexibility index (Phi) is 6.82. The average Bonchev–Trinajstić information content (AvgIpc) is 2.68. The number of ether oxygens (including phenoxy) is 3. The molecule has 0 fully saturated rings. The fourth-order valence-electron chi connectivity index (χ4n) is 2.75. The second kappa shape index (κ2) is 9.07. The van der Waals surface area contributed by atoms with Gasteiger partial charge >= 0.3 is 5.97 Å². The number of amides is 1. The van der Waals surface area contributed by atoms with Crippen LogP contribution in [0.4, 0.5) is 5.69 Å². The molecule has 1 unspecified atom stereocenters. The summed E-state index contributed by atoms with van der Waals surface area (Å²) in [5.74, 6) is -0.452. The van der Waals surface area contributed by atoms with Crippen LogP contribution in [0.1, 0.15) is 35.3 Å². The highest BCUT2D eigenvalue weighted by atomic mass is 16.6. The summed E-state index contributed by atoms with van der Waals surface area (Å²) >= 11 is 0. The van der Waals surface area contributed by atoms with E-state index in [1.54, 1.807) is 18.2 Å². The van der Waals surface area contributed by atoms with Gasteiger partial charge in [0, 0.05) is 5.69 Å². The molecule has 0 heterocycles. The maximum absolute atomic E-state index is 12.6. The fraction of sp³-hybridized carbons (Fsp3) is 0.333. The molecule has 0 bridgehead atoms. The molecule has 6 heteroatoms. The number of carbonyl (C=O) groups is 2. The zero-order chi connectivity index (χ0) is 20.0. The van der Waals surface area contributed by atoms with Gasteiger partial charge in [-0.3, -0.25) is 4.79 Å². The van der Waals surface area contributed by atoms with E-state index in [1.807, 2.05) is 32.0 Å². The first-order valence-electron chi connectivity index (χ1n) is 8.74. The maximum atomic E-state index is 12.6. The minimum atomic E-state index is -0.989. The number of anilines is 1. The Morgan fingerprint density at radius 2 is 1.63 bits per heavy atom. The van der Waals surface area contributed by atoms with Crippen molar-refractivity contribution in [2.24, 2.45) is 0 Å². The molecule has 0 saturated heterocycles. The number of hydrogen-bond acceptors (Lipinski definition) is 5. The van der Waals surface area contributed by atoms with Gasteiger partial charge in [-0.25, -0.2) is 4.79 Å². The van der Waals surface area contributed by atoms with E-state index < -0.39 is 18.0 Å². The van der Waals surface area contributed by atoms with Crippen LogP contribution in [-0.4, -0.2) is 32.2 Å². The van der Waals surface area contributed by atoms with Crippen molar-refractivity contribution in [2.75, 3.05) is 19.5 Å². The molecule has 0 saturated carbocycles. The molecule has 6 nitrogen and oxygen atoms in total. The second-order valence-corrected chi connectivity index (χ2v) is 6.04. The molecule has 1 atom stereocenters. The van der Waals surface area contributed by atoms with Crippen LogP contribution in [0.3, 0.4) is 0 Å². The van der Waals surface area contributed by atoms with E-state index in [-0.39, 0.29) is 5.56 Å². The van der Waals surface area contributed by atoms with Crippen LogP contribution in [-0.2, 0) is 16.0 Å². The minimum Gasteiger partial charge on any atom is -0.496 e. The summed E-state index contributed by atoms with van der Waals surface area (Å²) in [5.41, 5.74) is 2.87. The van der Waals surface area contributed by atoms with Crippen molar-refractivity contribution in [3.63, 3.8) is 0 Å². The molecule has 1 amide bonds. The van der Waals surface area contributed by atoms with E-state index in [4.69, 9.17) is 14.2 Å². The van der Waals surface area contributed by atoms with Crippen molar-refractivity contribution >= 4 is 17.6 Å². The van der Waals surface area contributed by atoms with Gasteiger partial charge in [0.1, 0.15) is 17.1 Å². The zero-order valence-corrected chi connectivity index (χ0v) is 16.3. The zero-order valence-electron chi connectivity index (χ0n) is 16.3. The smallest absolute Gasteiger partial charge is 0.346 e. The summed E-state index contributed by atoms with van der Waals surface area (Å²) in [6, 6.07) is 10.8. The van der Waals surface area contributed by atoms with Crippen LogP contribution >= 0.6 is 0 Å². The normalized spacial score (nSPS) is 11.4. The lowest BCUT2D eigenvalue weighted by molar-refractivity contribution is -0.123. The topological polar surface area (TPSA) is 73.9 Å². The van der Waals surface area contributed by atoms with Crippen LogP contribution in [0.25, 0.3) is 0 Å². The fourth-order valence-corrected chi connectivity index (χ4v) is 2.75. The highest BCUT2D eigenvalue weighted by molar-refractivity contribution is 6.00. The Labute approximate surface area is 159 Å². The van der Waals surface area contributed by atoms with Gasteiger partial charge in [-0.05, 0) is 43.5 Å². The highest BCUT2D eigenvalue weighted by Crippen LogP contribution is 2.29. The van der Waals surface area contributed by atoms with Gasteiger partial charge in [-0.15, -0.1) is 0 Å². The average molecular weight is 371 g/mol. The molecule has 0 aliphatic heterocycles. The third kappa shape index (κ3) is 4.58. The number of hydrogen-bond donors (Lipinski definition) is 1. The van der Waals surface area contributed by atoms with E-state index in [9.17, 15) is 9.59 Å². The first kappa shape index (κ1) is 20.3. The van der Waals surface area contributed by atoms with Crippen molar-refractivity contribution in [3.05, 3.63) is 53.1 Å². The summed E-state index contributed by atoms with van der Waals surface area (Å²) in [4.78, 5) is 25.2. The second-order valence-electron chi connectivity index (χ2n) is 6.04. The predicted molar refractivity (Wildman–Crippen MR) is 104 cm³/mol. The number of rotatable bonds is 7. The lowest BCUT2D eigenvalue weighted by atomic mass is 10.1. The number of carbonyl (C=O) groups excluding carboxylic acids is 2. The van der Waals surface area contributed by atoms with Crippen LogP contribution in [0.5, 0.6) is 11.5 Å². The van der Waals surface area contributed by atoms with E-state index in [0.29, 0.717) is 11.5 Å². The maximum Gasteiger partial charge on any atom is 0.346 e. The van der Waals surface area contributed by atoms with Gasteiger partial charge < -0.3 is 19.5 Å². The molecule has 0 radical (unpaired) electrons. The molecule has 2 rings (SSSR count). The van der Waals surface area contributed by atoms with Gasteiger partial charge in [0.05, 0.1) is 14.2 Å². The minimum absolute atomic E-state index is 0.146. The van der Waals surface area contributed by atoms with Gasteiger partial charge in [0.2, 0.25) is 0 Å². The number of aryl methyl sites for hydroxylation is 2. The Morgan fingerprint density at radius 3 is 2.19 bits per heavy atom. The monoisotopic (exact) mass is 371 g/mol. The molecule has 0 aliphatic rings. The molecule has 27 heavy (non-hydrogen) atoms. The Balaban J connectivity index is 2.17. The van der Waals surface area contributed by atoms with E-state index >= 15 is 0 Å². The van der Waals surface area contributed by atoms with Crippen LogP contribution in [0.15, 0.2) is 36.4 Å². The molecule has 0 aliphatic carbocycles. The van der Waals surface area contributed by atoms with Gasteiger partial charge in [-0.2, -0.15) is 0 Å². The number of esters is 1. The summed E-state index contributed by atoms with van der Waals surface area (Å²) in [6.45, 7) is 5.46. The van der Waals surface area contributed by atoms with Crippen molar-refractivity contribution in [3.8, 4) is 11.5 Å². The lowest BCUT2D eigenvalue weighted by Crippen LogP contribution is -2.30. The quantitative estimate of drug-likeness (QED) is 0.750. The van der Waals surface area contributed by atoms with Gasteiger partial charge in [-0.1, -0.05) is 31.2 Å². The third-order valence-corrected chi connectivity index (χ3v) is 4.27. The van der Waals surface area contributed by atoms with E-state index in [0.717, 1.165) is 23.2 Å². The highest BCUT2D eigenvalue weighted by Gasteiger charge is 2.25. The summed E-state index contributed by atoms with van der Waals surface area (Å²) in [5, 5.41) is 2.86. The number of benzene rings is 2. The van der Waals surface area contributed by atoms with Gasteiger partial charge in [0.15, 0.2) is 6.10 Å². The first-order chi connectivity index (χ1) is 12.9. The van der Waals surface area contributed by atoms with Crippen LogP contribution in [0.2, 0.25) is 0 Å². The number of para-hydroxylation sites is 1. The van der Waals surface area contributed by atoms with Crippen molar-refractivity contribution < 1.29 is 23.8 Å². The van der Waals surface area contributed by atoms with Crippen molar-refractivity contribution in [1.29, 1.82) is 0 Å². The van der Waals surface area contributed by atoms with Crippen LogP contribution < -0.4 is 14.8 Å². The standard InChI is InChI=1S/C21H25NO5/c1-6-15-10-7-9-13(2)19(15)22-20(23)14(3)27-21(24)18-16(25-4)11-8-12-17(18)26-5/h7-12,14H,6H2,1-5H3,(H,22,23). The van der Waals surface area contributed by atoms with Crippen LogP contribution in [0, 0.1) is 6.92 Å². The van der Waals surface area contributed by atoms with Crippen molar-refractivity contribution in [1.82, 2.24) is 0 Å². The molecule has 2 aromatic rings. The largest absolute Gasteiger partial charge is 0.496 e. The summed E-state index contributed by atoms with van der Waals surface area (Å²) < 4.78 is 15.8. The third-order valence-electron chi connectivity index (χ3n) is 4.27. The molecule has 1 N–H and O–H groups in total. The Morgan fingerprint density at radius 1 is 1.04 bits per heavy atom.